The zero-order valence-electron chi connectivity index (χ0n) is 9.12. The highest BCUT2D eigenvalue weighted by Crippen LogP contribution is 2.23. The van der Waals surface area contributed by atoms with E-state index in [4.69, 9.17) is 11.6 Å². The number of nitrogens with one attached hydrogen (secondary N) is 1. The predicted molar refractivity (Wildman–Crippen MR) is 68.1 cm³/mol. The van der Waals surface area contributed by atoms with E-state index in [9.17, 15) is 4.79 Å². The van der Waals surface area contributed by atoms with E-state index >= 15 is 0 Å². The van der Waals surface area contributed by atoms with Crippen molar-refractivity contribution in [1.29, 1.82) is 0 Å². The van der Waals surface area contributed by atoms with Crippen LogP contribution >= 0.6 is 22.9 Å². The Balaban J connectivity index is 1.82. The Morgan fingerprint density at radius 3 is 3.00 bits per heavy atom. The summed E-state index contributed by atoms with van der Waals surface area (Å²) in [6, 6.07) is 2.16. The van der Waals surface area contributed by atoms with Crippen molar-refractivity contribution in [2.24, 2.45) is 0 Å². The Morgan fingerprint density at radius 2 is 2.31 bits per heavy atom. The van der Waals surface area contributed by atoms with Crippen molar-refractivity contribution in [2.75, 3.05) is 0 Å². The second-order valence-corrected chi connectivity index (χ2v) is 5.62. The number of rotatable bonds is 3. The van der Waals surface area contributed by atoms with Gasteiger partial charge >= 0.3 is 0 Å². The van der Waals surface area contributed by atoms with Crippen LogP contribution in [0.15, 0.2) is 16.8 Å². The molecule has 1 N–H and O–H groups in total. The van der Waals surface area contributed by atoms with Crippen LogP contribution in [0.25, 0.3) is 0 Å². The van der Waals surface area contributed by atoms with E-state index in [1.165, 1.54) is 12.8 Å². The molecule has 0 aliphatic heterocycles. The summed E-state index contributed by atoms with van der Waals surface area (Å²) in [5.41, 5.74) is 1.09. The molecule has 0 saturated heterocycles. The van der Waals surface area contributed by atoms with Gasteiger partial charge in [0, 0.05) is 6.04 Å². The van der Waals surface area contributed by atoms with Gasteiger partial charge in [0.2, 0.25) is 5.91 Å². The maximum absolute atomic E-state index is 11.8. The third-order valence-electron chi connectivity index (χ3n) is 2.97. The fourth-order valence-electron chi connectivity index (χ4n) is 2.08. The number of carbonyl (C=O) groups is 1. The second-order valence-electron chi connectivity index (χ2n) is 4.28. The molecule has 2 atom stereocenters. The van der Waals surface area contributed by atoms with Crippen molar-refractivity contribution < 1.29 is 4.79 Å². The molecule has 0 bridgehead atoms. The highest BCUT2D eigenvalue weighted by atomic mass is 35.5. The summed E-state index contributed by atoms with van der Waals surface area (Å²) in [7, 11) is 0. The monoisotopic (exact) mass is 257 g/mol. The van der Waals surface area contributed by atoms with Crippen LogP contribution in [-0.4, -0.2) is 17.3 Å². The second kappa shape index (κ2) is 5.69. The Bertz CT molecular complexity index is 339. The van der Waals surface area contributed by atoms with Crippen LogP contribution < -0.4 is 5.32 Å². The molecule has 1 saturated carbocycles. The predicted octanol–water partition coefficient (Wildman–Crippen LogP) is 2.96. The van der Waals surface area contributed by atoms with Crippen LogP contribution in [0.1, 0.15) is 31.2 Å². The van der Waals surface area contributed by atoms with E-state index in [2.05, 4.69) is 5.32 Å². The third-order valence-corrected chi connectivity index (χ3v) is 4.23. The van der Waals surface area contributed by atoms with E-state index in [1.54, 1.807) is 11.3 Å². The number of alkyl halides is 1. The number of amides is 1. The molecular formula is C12H16ClNOS. The molecule has 1 aliphatic rings. The number of thiophene rings is 1. The number of hydrogen-bond acceptors (Lipinski definition) is 2. The summed E-state index contributed by atoms with van der Waals surface area (Å²) in [5.74, 6) is 0.0935. The van der Waals surface area contributed by atoms with Gasteiger partial charge in [-0.15, -0.1) is 11.6 Å². The van der Waals surface area contributed by atoms with E-state index in [0.29, 0.717) is 6.42 Å². The highest BCUT2D eigenvalue weighted by Gasteiger charge is 2.24. The van der Waals surface area contributed by atoms with Gasteiger partial charge in [0.15, 0.2) is 0 Å². The van der Waals surface area contributed by atoms with Gasteiger partial charge in [-0.2, -0.15) is 11.3 Å². The fourth-order valence-corrected chi connectivity index (χ4v) is 3.10. The van der Waals surface area contributed by atoms with Crippen molar-refractivity contribution in [1.82, 2.24) is 5.32 Å². The Hall–Kier alpha value is -0.540. The lowest BCUT2D eigenvalue weighted by Crippen LogP contribution is -2.43. The summed E-state index contributed by atoms with van der Waals surface area (Å²) in [6.07, 6.45) is 4.87. The van der Waals surface area contributed by atoms with Gasteiger partial charge in [-0.05, 0) is 35.2 Å². The normalized spacial score (nSPS) is 25.3. The maximum Gasteiger partial charge on any atom is 0.224 e. The van der Waals surface area contributed by atoms with Crippen LogP contribution in [0.3, 0.4) is 0 Å². The minimum absolute atomic E-state index is 0.0935. The standard InChI is InChI=1S/C12H16ClNOS/c13-10-3-1-2-4-11(10)14-12(15)7-9-5-6-16-8-9/h5-6,8,10-11H,1-4,7H2,(H,14,15). The molecule has 1 aromatic rings. The molecule has 2 unspecified atom stereocenters. The fraction of sp³-hybridized carbons (Fsp3) is 0.583. The van der Waals surface area contributed by atoms with Gasteiger partial charge in [0.05, 0.1) is 11.8 Å². The summed E-state index contributed by atoms with van der Waals surface area (Å²) in [6.45, 7) is 0. The molecule has 1 amide bonds. The first-order valence-corrected chi connectivity index (χ1v) is 7.08. The summed E-state index contributed by atoms with van der Waals surface area (Å²) >= 11 is 7.82. The molecule has 0 aromatic carbocycles. The Kier molecular flexibility index (Phi) is 4.24. The molecule has 4 heteroatoms. The van der Waals surface area contributed by atoms with Crippen molar-refractivity contribution in [2.45, 2.75) is 43.5 Å². The van der Waals surface area contributed by atoms with Gasteiger partial charge in [-0.3, -0.25) is 4.79 Å². The molecule has 88 valence electrons. The summed E-state index contributed by atoms with van der Waals surface area (Å²) in [4.78, 5) is 11.8. The molecule has 2 nitrogen and oxygen atoms in total. The van der Waals surface area contributed by atoms with Gasteiger partial charge in [0.25, 0.3) is 0 Å². The molecule has 1 heterocycles. The first-order chi connectivity index (χ1) is 7.75. The molecule has 1 aromatic heterocycles. The van der Waals surface area contributed by atoms with E-state index in [0.717, 1.165) is 18.4 Å². The molecule has 16 heavy (non-hydrogen) atoms. The minimum Gasteiger partial charge on any atom is -0.352 e. The van der Waals surface area contributed by atoms with Crippen LogP contribution in [0, 0.1) is 0 Å². The van der Waals surface area contributed by atoms with E-state index in [-0.39, 0.29) is 17.3 Å². The number of halogens is 1. The molecule has 0 spiro atoms. The third kappa shape index (κ3) is 3.22. The van der Waals surface area contributed by atoms with Gasteiger partial charge in [-0.1, -0.05) is 12.8 Å². The van der Waals surface area contributed by atoms with Crippen LogP contribution in [0.4, 0.5) is 0 Å². The lowest BCUT2D eigenvalue weighted by atomic mass is 9.95. The van der Waals surface area contributed by atoms with Gasteiger partial charge in [-0.25, -0.2) is 0 Å². The van der Waals surface area contributed by atoms with Crippen molar-refractivity contribution in [3.8, 4) is 0 Å². The Morgan fingerprint density at radius 1 is 1.50 bits per heavy atom. The lowest BCUT2D eigenvalue weighted by Gasteiger charge is -2.27. The number of hydrogen-bond donors (Lipinski definition) is 1. The molecule has 0 radical (unpaired) electrons. The van der Waals surface area contributed by atoms with E-state index in [1.807, 2.05) is 16.8 Å². The molecular weight excluding hydrogens is 242 g/mol. The Labute approximate surface area is 105 Å². The topological polar surface area (TPSA) is 29.1 Å². The summed E-state index contributed by atoms with van der Waals surface area (Å²) in [5, 5.41) is 7.16. The van der Waals surface area contributed by atoms with Crippen LogP contribution in [-0.2, 0) is 11.2 Å². The quantitative estimate of drug-likeness (QED) is 0.829. The number of carbonyl (C=O) groups excluding carboxylic acids is 1. The molecule has 1 fully saturated rings. The average molecular weight is 258 g/mol. The summed E-state index contributed by atoms with van der Waals surface area (Å²) < 4.78 is 0. The van der Waals surface area contributed by atoms with Gasteiger partial charge < -0.3 is 5.32 Å². The smallest absolute Gasteiger partial charge is 0.224 e. The SMILES string of the molecule is O=C(Cc1ccsc1)NC1CCCCC1Cl. The van der Waals surface area contributed by atoms with Gasteiger partial charge in [0.1, 0.15) is 0 Å². The first kappa shape index (κ1) is 11.9. The van der Waals surface area contributed by atoms with Crippen LogP contribution in [0.5, 0.6) is 0 Å². The van der Waals surface area contributed by atoms with E-state index < -0.39 is 0 Å². The van der Waals surface area contributed by atoms with Crippen molar-refractivity contribution >= 4 is 28.8 Å². The zero-order chi connectivity index (χ0) is 11.4. The zero-order valence-corrected chi connectivity index (χ0v) is 10.7. The van der Waals surface area contributed by atoms with Crippen molar-refractivity contribution in [3.63, 3.8) is 0 Å². The largest absolute Gasteiger partial charge is 0.352 e. The average Bonchev–Trinajstić information content (AvgIpc) is 2.74. The molecule has 2 rings (SSSR count). The van der Waals surface area contributed by atoms with Crippen LogP contribution in [0.2, 0.25) is 0 Å². The lowest BCUT2D eigenvalue weighted by molar-refractivity contribution is -0.121. The highest BCUT2D eigenvalue weighted by molar-refractivity contribution is 7.07. The first-order valence-electron chi connectivity index (χ1n) is 5.70. The molecule has 1 aliphatic carbocycles. The maximum atomic E-state index is 11.8. The minimum atomic E-state index is 0.0935. The van der Waals surface area contributed by atoms with Crippen molar-refractivity contribution in [3.05, 3.63) is 22.4 Å².